The van der Waals surface area contributed by atoms with Gasteiger partial charge in [0.1, 0.15) is 9.84 Å². The van der Waals surface area contributed by atoms with Gasteiger partial charge in [-0.2, -0.15) is 0 Å². The summed E-state index contributed by atoms with van der Waals surface area (Å²) in [7, 11) is -2.92. The summed E-state index contributed by atoms with van der Waals surface area (Å²) in [6, 6.07) is 0. The fourth-order valence-corrected chi connectivity index (χ4v) is 2.50. The molecule has 0 aromatic carbocycles. The molecule has 1 fully saturated rings. The van der Waals surface area contributed by atoms with E-state index in [2.05, 4.69) is 0 Å². The van der Waals surface area contributed by atoms with Gasteiger partial charge in [-0.1, -0.05) is 0 Å². The van der Waals surface area contributed by atoms with E-state index in [1.807, 2.05) is 0 Å². The molecule has 0 amide bonds. The number of aliphatic hydroxyl groups is 1. The summed E-state index contributed by atoms with van der Waals surface area (Å²) in [5.74, 6) is 0.160. The molecule has 5 heteroatoms. The van der Waals surface area contributed by atoms with Gasteiger partial charge in [0.25, 0.3) is 0 Å². The molecule has 1 rings (SSSR count). The minimum absolute atomic E-state index is 0.0614. The number of hydrogen-bond donors (Lipinski definition) is 1. The van der Waals surface area contributed by atoms with Gasteiger partial charge in [0.15, 0.2) is 0 Å². The average molecular weight is 222 g/mol. The Labute approximate surface area is 85.2 Å². The standard InChI is InChI=1S/C9H18O4S/c1-14(11,12)7-4-9(8-10)2-5-13-6-3-9/h10H,2-8H2,1H3. The summed E-state index contributed by atoms with van der Waals surface area (Å²) in [5, 5.41) is 9.29. The van der Waals surface area contributed by atoms with Crippen LogP contribution >= 0.6 is 0 Å². The van der Waals surface area contributed by atoms with Crippen molar-refractivity contribution in [3.8, 4) is 0 Å². The van der Waals surface area contributed by atoms with E-state index < -0.39 is 9.84 Å². The summed E-state index contributed by atoms with van der Waals surface area (Å²) < 4.78 is 27.2. The zero-order chi connectivity index (χ0) is 10.7. The van der Waals surface area contributed by atoms with Crippen LogP contribution in [0, 0.1) is 5.41 Å². The fraction of sp³-hybridized carbons (Fsp3) is 1.00. The van der Waals surface area contributed by atoms with Crippen LogP contribution in [0.2, 0.25) is 0 Å². The SMILES string of the molecule is CS(=O)(=O)CCC1(CO)CCOCC1. The number of aliphatic hydroxyl groups excluding tert-OH is 1. The summed E-state index contributed by atoms with van der Waals surface area (Å²) in [5.41, 5.74) is -0.221. The van der Waals surface area contributed by atoms with Gasteiger partial charge in [0.05, 0.1) is 5.75 Å². The Morgan fingerprint density at radius 2 is 1.93 bits per heavy atom. The lowest BCUT2D eigenvalue weighted by Gasteiger charge is -2.35. The topological polar surface area (TPSA) is 63.6 Å². The van der Waals surface area contributed by atoms with Crippen LogP contribution in [-0.2, 0) is 14.6 Å². The minimum atomic E-state index is -2.92. The molecule has 0 aliphatic carbocycles. The molecule has 0 spiro atoms. The van der Waals surface area contributed by atoms with Crippen molar-refractivity contribution in [2.45, 2.75) is 19.3 Å². The second kappa shape index (κ2) is 4.59. The van der Waals surface area contributed by atoms with Crippen LogP contribution in [0.5, 0.6) is 0 Å². The van der Waals surface area contributed by atoms with Crippen LogP contribution in [-0.4, -0.2) is 45.4 Å². The van der Waals surface area contributed by atoms with Gasteiger partial charge in [-0.3, -0.25) is 0 Å². The van der Waals surface area contributed by atoms with Gasteiger partial charge < -0.3 is 9.84 Å². The van der Waals surface area contributed by atoms with Crippen LogP contribution in [0.15, 0.2) is 0 Å². The van der Waals surface area contributed by atoms with Crippen molar-refractivity contribution in [2.24, 2.45) is 5.41 Å². The first kappa shape index (κ1) is 11.9. The molecular formula is C9H18O4S. The van der Waals surface area contributed by atoms with Crippen LogP contribution < -0.4 is 0 Å². The zero-order valence-electron chi connectivity index (χ0n) is 8.53. The lowest BCUT2D eigenvalue weighted by Crippen LogP contribution is -2.34. The fourth-order valence-electron chi connectivity index (χ4n) is 1.69. The van der Waals surface area contributed by atoms with E-state index in [0.29, 0.717) is 19.6 Å². The van der Waals surface area contributed by atoms with E-state index in [0.717, 1.165) is 12.8 Å². The third-order valence-electron chi connectivity index (χ3n) is 2.89. The van der Waals surface area contributed by atoms with Gasteiger partial charge in [0, 0.05) is 26.1 Å². The van der Waals surface area contributed by atoms with Gasteiger partial charge in [0.2, 0.25) is 0 Å². The second-order valence-electron chi connectivity index (χ2n) is 4.15. The van der Waals surface area contributed by atoms with Crippen molar-refractivity contribution in [1.82, 2.24) is 0 Å². The predicted octanol–water partition coefficient (Wildman–Crippen LogP) is 0.210. The van der Waals surface area contributed by atoms with Crippen LogP contribution in [0.25, 0.3) is 0 Å². The van der Waals surface area contributed by atoms with Gasteiger partial charge in [-0.05, 0) is 24.7 Å². The maximum absolute atomic E-state index is 11.0. The third kappa shape index (κ3) is 3.55. The highest BCUT2D eigenvalue weighted by Gasteiger charge is 2.32. The van der Waals surface area contributed by atoms with Crippen molar-refractivity contribution in [3.05, 3.63) is 0 Å². The van der Waals surface area contributed by atoms with Crippen molar-refractivity contribution in [3.63, 3.8) is 0 Å². The van der Waals surface area contributed by atoms with Crippen molar-refractivity contribution in [1.29, 1.82) is 0 Å². The van der Waals surface area contributed by atoms with Crippen molar-refractivity contribution < 1.29 is 18.3 Å². The van der Waals surface area contributed by atoms with Crippen LogP contribution in [0.4, 0.5) is 0 Å². The molecule has 0 saturated carbocycles. The molecule has 4 nitrogen and oxygen atoms in total. The van der Waals surface area contributed by atoms with Gasteiger partial charge in [-0.25, -0.2) is 8.42 Å². The Morgan fingerprint density at radius 3 is 2.36 bits per heavy atom. The molecule has 14 heavy (non-hydrogen) atoms. The van der Waals surface area contributed by atoms with Crippen molar-refractivity contribution in [2.75, 3.05) is 31.8 Å². The largest absolute Gasteiger partial charge is 0.396 e. The summed E-state index contributed by atoms with van der Waals surface area (Å²) in [4.78, 5) is 0. The number of sulfone groups is 1. The molecule has 0 atom stereocenters. The first-order valence-electron chi connectivity index (χ1n) is 4.84. The summed E-state index contributed by atoms with van der Waals surface area (Å²) in [6.45, 7) is 1.32. The molecular weight excluding hydrogens is 204 g/mol. The predicted molar refractivity (Wildman–Crippen MR) is 53.9 cm³/mol. The third-order valence-corrected chi connectivity index (χ3v) is 3.84. The van der Waals surface area contributed by atoms with E-state index in [4.69, 9.17) is 4.74 Å². The Morgan fingerprint density at radius 1 is 1.36 bits per heavy atom. The Hall–Kier alpha value is -0.130. The van der Waals surface area contributed by atoms with E-state index in [1.165, 1.54) is 6.26 Å². The molecule has 1 aliphatic heterocycles. The average Bonchev–Trinajstić information content (AvgIpc) is 2.15. The highest BCUT2D eigenvalue weighted by Crippen LogP contribution is 2.33. The number of hydrogen-bond acceptors (Lipinski definition) is 4. The van der Waals surface area contributed by atoms with Gasteiger partial charge in [-0.15, -0.1) is 0 Å². The Balaban J connectivity index is 2.52. The molecule has 0 aromatic heterocycles. The molecule has 0 bridgehead atoms. The first-order chi connectivity index (χ1) is 6.47. The van der Waals surface area contributed by atoms with Gasteiger partial charge >= 0.3 is 0 Å². The zero-order valence-corrected chi connectivity index (χ0v) is 9.35. The number of ether oxygens (including phenoxy) is 1. The normalized spacial score (nSPS) is 22.1. The molecule has 0 radical (unpaired) electrons. The highest BCUT2D eigenvalue weighted by atomic mass is 32.2. The second-order valence-corrected chi connectivity index (χ2v) is 6.41. The lowest BCUT2D eigenvalue weighted by atomic mass is 9.79. The molecule has 1 heterocycles. The monoisotopic (exact) mass is 222 g/mol. The highest BCUT2D eigenvalue weighted by molar-refractivity contribution is 7.90. The van der Waals surface area contributed by atoms with Crippen LogP contribution in [0.3, 0.4) is 0 Å². The van der Waals surface area contributed by atoms with Crippen LogP contribution in [0.1, 0.15) is 19.3 Å². The quantitative estimate of drug-likeness (QED) is 0.738. The summed E-state index contributed by atoms with van der Waals surface area (Å²) >= 11 is 0. The number of rotatable bonds is 4. The van der Waals surface area contributed by atoms with E-state index >= 15 is 0 Å². The molecule has 1 N–H and O–H groups in total. The van der Waals surface area contributed by atoms with E-state index in [9.17, 15) is 13.5 Å². The van der Waals surface area contributed by atoms with Crippen molar-refractivity contribution >= 4 is 9.84 Å². The summed E-state index contributed by atoms with van der Waals surface area (Å²) in [6.07, 6.45) is 3.31. The molecule has 1 saturated heterocycles. The maximum atomic E-state index is 11.0. The maximum Gasteiger partial charge on any atom is 0.147 e. The first-order valence-corrected chi connectivity index (χ1v) is 6.90. The molecule has 1 aliphatic rings. The van der Waals surface area contributed by atoms with E-state index in [1.54, 1.807) is 0 Å². The molecule has 0 unspecified atom stereocenters. The molecule has 84 valence electrons. The smallest absolute Gasteiger partial charge is 0.147 e. The minimum Gasteiger partial charge on any atom is -0.396 e. The lowest BCUT2D eigenvalue weighted by molar-refractivity contribution is -0.0175. The Bertz CT molecular complexity index is 265. The van der Waals surface area contributed by atoms with E-state index in [-0.39, 0.29) is 17.8 Å². The Kier molecular flexibility index (Phi) is 3.92. The molecule has 0 aromatic rings.